The van der Waals surface area contributed by atoms with Crippen molar-refractivity contribution in [3.63, 3.8) is 0 Å². The van der Waals surface area contributed by atoms with Crippen LogP contribution in [0.2, 0.25) is 0 Å². The van der Waals surface area contributed by atoms with Gasteiger partial charge in [0.2, 0.25) is 0 Å². The Morgan fingerprint density at radius 3 is 2.23 bits per heavy atom. The van der Waals surface area contributed by atoms with E-state index in [1.165, 1.54) is 0 Å². The minimum Gasteiger partial charge on any atom is -0.497 e. The average Bonchev–Trinajstić information content (AvgIpc) is 2.67. The van der Waals surface area contributed by atoms with Gasteiger partial charge in [-0.05, 0) is 49.7 Å². The number of methoxy groups -OCH3 is 2. The van der Waals surface area contributed by atoms with Crippen LogP contribution in [0.4, 0.5) is 4.79 Å². The highest BCUT2D eigenvalue weighted by Crippen LogP contribution is 2.29. The minimum absolute atomic E-state index is 0.192. The highest BCUT2D eigenvalue weighted by atomic mass is 16.5. The van der Waals surface area contributed by atoms with Gasteiger partial charge in [0.1, 0.15) is 11.5 Å². The molecular weight excluding hydrogens is 330 g/mol. The van der Waals surface area contributed by atoms with Gasteiger partial charge in [-0.25, -0.2) is 4.79 Å². The van der Waals surface area contributed by atoms with Crippen LogP contribution in [-0.2, 0) is 0 Å². The molecule has 2 aromatic carbocycles. The molecule has 6 heteroatoms. The number of nitrogens with zero attached hydrogens (tertiary/aromatic N) is 1. The summed E-state index contributed by atoms with van der Waals surface area (Å²) in [7, 11) is 3.18. The van der Waals surface area contributed by atoms with E-state index in [4.69, 9.17) is 14.7 Å². The Morgan fingerprint density at radius 2 is 1.65 bits per heavy atom. The third kappa shape index (κ3) is 4.67. The monoisotopic (exact) mass is 353 g/mol. The van der Waals surface area contributed by atoms with Gasteiger partial charge in [0, 0.05) is 5.56 Å². The molecular formula is C20H23N3O3. The summed E-state index contributed by atoms with van der Waals surface area (Å²) in [6.45, 7) is 3.76. The fraction of sp³-hybridized carbons (Fsp3) is 0.300. The third-order valence-electron chi connectivity index (χ3n) is 4.14. The first-order chi connectivity index (χ1) is 12.5. The number of urea groups is 1. The Morgan fingerprint density at radius 1 is 1.00 bits per heavy atom. The fourth-order valence-electron chi connectivity index (χ4n) is 2.62. The Kier molecular flexibility index (Phi) is 6.45. The molecule has 0 saturated heterocycles. The van der Waals surface area contributed by atoms with E-state index in [0.717, 1.165) is 11.1 Å². The van der Waals surface area contributed by atoms with Crippen molar-refractivity contribution in [1.29, 1.82) is 5.26 Å². The third-order valence-corrected chi connectivity index (χ3v) is 4.14. The maximum Gasteiger partial charge on any atom is 0.315 e. The highest BCUT2D eigenvalue weighted by Gasteiger charge is 2.17. The van der Waals surface area contributed by atoms with E-state index in [-0.39, 0.29) is 18.1 Å². The molecule has 0 aliphatic heterocycles. The summed E-state index contributed by atoms with van der Waals surface area (Å²) in [5.74, 6) is 1.37. The van der Waals surface area contributed by atoms with E-state index in [0.29, 0.717) is 17.1 Å². The second-order valence-corrected chi connectivity index (χ2v) is 5.90. The molecule has 2 unspecified atom stereocenters. The van der Waals surface area contributed by atoms with Gasteiger partial charge in [-0.15, -0.1) is 0 Å². The van der Waals surface area contributed by atoms with Crippen LogP contribution in [0.5, 0.6) is 11.5 Å². The number of benzene rings is 2. The van der Waals surface area contributed by atoms with Crippen molar-refractivity contribution in [2.24, 2.45) is 0 Å². The van der Waals surface area contributed by atoms with Crippen LogP contribution in [-0.4, -0.2) is 20.3 Å². The molecule has 2 rings (SSSR count). The summed E-state index contributed by atoms with van der Waals surface area (Å²) in [6, 6.07) is 13.9. The lowest BCUT2D eigenvalue weighted by molar-refractivity contribution is 0.234. The van der Waals surface area contributed by atoms with Crippen molar-refractivity contribution >= 4 is 6.03 Å². The number of nitrogens with one attached hydrogen (secondary N) is 2. The van der Waals surface area contributed by atoms with Gasteiger partial charge < -0.3 is 20.1 Å². The molecule has 0 spiro atoms. The number of hydrogen-bond donors (Lipinski definition) is 2. The molecule has 2 aromatic rings. The molecule has 0 bridgehead atoms. The Bertz CT molecular complexity index is 797. The lowest BCUT2D eigenvalue weighted by atomic mass is 10.1. The molecule has 6 nitrogen and oxygen atoms in total. The van der Waals surface area contributed by atoms with Crippen molar-refractivity contribution in [1.82, 2.24) is 10.6 Å². The maximum absolute atomic E-state index is 12.3. The van der Waals surface area contributed by atoms with Crippen molar-refractivity contribution in [2.75, 3.05) is 14.2 Å². The average molecular weight is 353 g/mol. The second-order valence-electron chi connectivity index (χ2n) is 5.90. The van der Waals surface area contributed by atoms with E-state index >= 15 is 0 Å². The molecule has 0 heterocycles. The molecule has 0 aliphatic rings. The molecule has 0 fully saturated rings. The van der Waals surface area contributed by atoms with Crippen LogP contribution in [0.3, 0.4) is 0 Å². The highest BCUT2D eigenvalue weighted by molar-refractivity contribution is 5.75. The molecule has 2 amide bonds. The first kappa shape index (κ1) is 19.1. The number of amides is 2. The summed E-state index contributed by atoms with van der Waals surface area (Å²) in [4.78, 5) is 12.3. The van der Waals surface area contributed by atoms with E-state index in [2.05, 4.69) is 16.7 Å². The normalized spacial score (nSPS) is 12.4. The lowest BCUT2D eigenvalue weighted by Crippen LogP contribution is -2.38. The van der Waals surface area contributed by atoms with Gasteiger partial charge in [-0.1, -0.05) is 12.1 Å². The number of ether oxygens (including phenoxy) is 2. The van der Waals surface area contributed by atoms with E-state index in [1.54, 1.807) is 26.4 Å². The molecule has 0 radical (unpaired) electrons. The zero-order chi connectivity index (χ0) is 19.1. The van der Waals surface area contributed by atoms with Crippen LogP contribution < -0.4 is 20.1 Å². The maximum atomic E-state index is 12.3. The molecule has 136 valence electrons. The van der Waals surface area contributed by atoms with Crippen LogP contribution >= 0.6 is 0 Å². The van der Waals surface area contributed by atoms with Gasteiger partial charge in [0.15, 0.2) is 0 Å². The number of carbonyl (C=O) groups excluding carboxylic acids is 1. The van der Waals surface area contributed by atoms with Gasteiger partial charge in [0.25, 0.3) is 0 Å². The second kappa shape index (κ2) is 8.77. The van der Waals surface area contributed by atoms with Gasteiger partial charge in [-0.3, -0.25) is 0 Å². The van der Waals surface area contributed by atoms with Crippen molar-refractivity contribution in [3.05, 3.63) is 59.2 Å². The number of rotatable bonds is 6. The first-order valence-electron chi connectivity index (χ1n) is 8.27. The van der Waals surface area contributed by atoms with Gasteiger partial charge in [-0.2, -0.15) is 5.26 Å². The largest absolute Gasteiger partial charge is 0.497 e. The van der Waals surface area contributed by atoms with E-state index in [1.807, 2.05) is 44.2 Å². The topological polar surface area (TPSA) is 83.4 Å². The SMILES string of the molecule is COc1ccc(OC)c(C(C)NC(=O)NC(C)c2ccc(C#N)cc2)c1. The number of hydrogen-bond acceptors (Lipinski definition) is 4. The Labute approximate surface area is 153 Å². The van der Waals surface area contributed by atoms with Gasteiger partial charge in [0.05, 0.1) is 37.9 Å². The summed E-state index contributed by atoms with van der Waals surface area (Å²) >= 11 is 0. The van der Waals surface area contributed by atoms with E-state index < -0.39 is 0 Å². The lowest BCUT2D eigenvalue weighted by Gasteiger charge is -2.20. The summed E-state index contributed by atoms with van der Waals surface area (Å²) in [5, 5.41) is 14.7. The molecule has 0 saturated carbocycles. The van der Waals surface area contributed by atoms with Crippen molar-refractivity contribution in [3.8, 4) is 17.6 Å². The predicted molar refractivity (Wildman–Crippen MR) is 99.2 cm³/mol. The zero-order valence-electron chi connectivity index (χ0n) is 15.4. The fourth-order valence-corrected chi connectivity index (χ4v) is 2.62. The molecule has 2 N–H and O–H groups in total. The van der Waals surface area contributed by atoms with E-state index in [9.17, 15) is 4.79 Å². The van der Waals surface area contributed by atoms with Crippen LogP contribution in [0.25, 0.3) is 0 Å². The molecule has 0 aromatic heterocycles. The Hall–Kier alpha value is -3.20. The Balaban J connectivity index is 2.03. The van der Waals surface area contributed by atoms with Gasteiger partial charge >= 0.3 is 6.03 Å². The summed E-state index contributed by atoms with van der Waals surface area (Å²) < 4.78 is 10.6. The van der Waals surface area contributed by atoms with Crippen LogP contribution in [0.15, 0.2) is 42.5 Å². The number of nitriles is 1. The smallest absolute Gasteiger partial charge is 0.315 e. The number of carbonyl (C=O) groups is 1. The standard InChI is InChI=1S/C20H23N3O3/c1-13(16-7-5-15(12-21)6-8-16)22-20(24)23-14(2)18-11-17(25-3)9-10-19(18)26-4/h5-11,13-14H,1-4H3,(H2,22,23,24). The molecule has 0 aliphatic carbocycles. The predicted octanol–water partition coefficient (Wildman–Crippen LogP) is 3.70. The van der Waals surface area contributed by atoms with Crippen molar-refractivity contribution < 1.29 is 14.3 Å². The summed E-state index contributed by atoms with van der Waals surface area (Å²) in [6.07, 6.45) is 0. The van der Waals surface area contributed by atoms with Crippen LogP contribution in [0.1, 0.15) is 42.6 Å². The molecule has 2 atom stereocenters. The molecule has 26 heavy (non-hydrogen) atoms. The first-order valence-corrected chi connectivity index (χ1v) is 8.27. The zero-order valence-corrected chi connectivity index (χ0v) is 15.4. The van der Waals surface area contributed by atoms with Crippen molar-refractivity contribution in [2.45, 2.75) is 25.9 Å². The minimum atomic E-state index is -0.292. The quantitative estimate of drug-likeness (QED) is 0.829. The van der Waals surface area contributed by atoms with Crippen LogP contribution in [0, 0.1) is 11.3 Å². The summed E-state index contributed by atoms with van der Waals surface area (Å²) in [5.41, 5.74) is 2.34.